The van der Waals surface area contributed by atoms with Crippen molar-refractivity contribution >= 4 is 0 Å². The van der Waals surface area contributed by atoms with Gasteiger partial charge in [-0.15, -0.1) is 0 Å². The molecule has 0 aliphatic heterocycles. The van der Waals surface area contributed by atoms with Gasteiger partial charge in [0.2, 0.25) is 0 Å². The van der Waals surface area contributed by atoms with E-state index in [2.05, 4.69) is 5.32 Å². The van der Waals surface area contributed by atoms with Crippen LogP contribution < -0.4 is 5.32 Å². The minimum Gasteiger partial charge on any atom is -0.468 e. The highest BCUT2D eigenvalue weighted by molar-refractivity contribution is 4.98. The molecule has 3 heteroatoms. The van der Waals surface area contributed by atoms with Crippen LogP contribution in [0.1, 0.15) is 18.6 Å². The summed E-state index contributed by atoms with van der Waals surface area (Å²) < 4.78 is 5.15. The minimum atomic E-state index is -0.0842. The van der Waals surface area contributed by atoms with Gasteiger partial charge in [0.15, 0.2) is 0 Å². The fourth-order valence-corrected chi connectivity index (χ4v) is 1.41. The largest absolute Gasteiger partial charge is 0.468 e. The highest BCUT2D eigenvalue weighted by Gasteiger charge is 2.26. The van der Waals surface area contributed by atoms with Crippen LogP contribution in [0.2, 0.25) is 0 Å². The maximum atomic E-state index is 9.01. The van der Waals surface area contributed by atoms with Crippen molar-refractivity contribution in [1.82, 2.24) is 5.32 Å². The van der Waals surface area contributed by atoms with Gasteiger partial charge in [0.05, 0.1) is 18.9 Å². The molecule has 0 saturated heterocycles. The molecule has 1 aromatic rings. The zero-order chi connectivity index (χ0) is 8.39. The molecule has 1 fully saturated rings. The van der Waals surface area contributed by atoms with E-state index in [0.717, 1.165) is 25.1 Å². The van der Waals surface area contributed by atoms with Crippen molar-refractivity contribution in [2.45, 2.75) is 31.5 Å². The summed E-state index contributed by atoms with van der Waals surface area (Å²) in [6.45, 7) is 0.768. The fourth-order valence-electron chi connectivity index (χ4n) is 1.41. The lowest BCUT2D eigenvalue weighted by Gasteiger charge is -2.31. The molecular formula is C9H13NO2. The Balaban J connectivity index is 1.70. The first-order valence-electron chi connectivity index (χ1n) is 4.28. The van der Waals surface area contributed by atoms with E-state index in [1.165, 1.54) is 0 Å². The highest BCUT2D eigenvalue weighted by Crippen LogP contribution is 2.19. The third kappa shape index (κ3) is 1.68. The van der Waals surface area contributed by atoms with E-state index in [9.17, 15) is 0 Å². The Morgan fingerprint density at radius 1 is 1.58 bits per heavy atom. The van der Waals surface area contributed by atoms with Gasteiger partial charge < -0.3 is 14.8 Å². The Kier molecular flexibility index (Phi) is 2.15. The third-order valence-corrected chi connectivity index (χ3v) is 2.26. The first-order chi connectivity index (χ1) is 5.84. The molecule has 1 aliphatic carbocycles. The zero-order valence-corrected chi connectivity index (χ0v) is 6.86. The van der Waals surface area contributed by atoms with E-state index in [0.29, 0.717) is 6.04 Å². The van der Waals surface area contributed by atoms with Crippen molar-refractivity contribution in [2.24, 2.45) is 0 Å². The van der Waals surface area contributed by atoms with Crippen LogP contribution in [0, 0.1) is 0 Å². The standard InChI is InChI=1S/C9H13NO2/c11-8-4-7(5-8)10-6-9-2-1-3-12-9/h1-3,7-8,10-11H,4-6H2. The lowest BCUT2D eigenvalue weighted by atomic mass is 9.89. The van der Waals surface area contributed by atoms with Crippen LogP contribution in [0.3, 0.4) is 0 Å². The lowest BCUT2D eigenvalue weighted by molar-refractivity contribution is 0.0612. The summed E-state index contributed by atoms with van der Waals surface area (Å²) in [5.74, 6) is 0.955. The maximum Gasteiger partial charge on any atom is 0.117 e. The molecule has 0 aromatic carbocycles. The molecule has 1 heterocycles. The number of hydrogen-bond acceptors (Lipinski definition) is 3. The predicted molar refractivity (Wildman–Crippen MR) is 44.6 cm³/mol. The van der Waals surface area contributed by atoms with Gasteiger partial charge in [0.1, 0.15) is 5.76 Å². The van der Waals surface area contributed by atoms with Crippen molar-refractivity contribution < 1.29 is 9.52 Å². The van der Waals surface area contributed by atoms with Crippen molar-refractivity contribution in [1.29, 1.82) is 0 Å². The molecule has 1 aliphatic rings. The molecule has 0 bridgehead atoms. The van der Waals surface area contributed by atoms with Gasteiger partial charge in [0, 0.05) is 6.04 Å². The van der Waals surface area contributed by atoms with Crippen molar-refractivity contribution in [3.63, 3.8) is 0 Å². The van der Waals surface area contributed by atoms with E-state index in [1.54, 1.807) is 6.26 Å². The van der Waals surface area contributed by atoms with E-state index in [1.807, 2.05) is 12.1 Å². The van der Waals surface area contributed by atoms with E-state index in [-0.39, 0.29) is 6.10 Å². The number of hydrogen-bond donors (Lipinski definition) is 2. The summed E-state index contributed by atoms with van der Waals surface area (Å²) >= 11 is 0. The van der Waals surface area contributed by atoms with E-state index >= 15 is 0 Å². The first-order valence-corrected chi connectivity index (χ1v) is 4.28. The molecule has 2 N–H and O–H groups in total. The monoisotopic (exact) mass is 167 g/mol. The van der Waals surface area contributed by atoms with Gasteiger partial charge in [-0.3, -0.25) is 0 Å². The van der Waals surface area contributed by atoms with Crippen LogP contribution in [-0.2, 0) is 6.54 Å². The van der Waals surface area contributed by atoms with E-state index < -0.39 is 0 Å². The number of nitrogens with one attached hydrogen (secondary N) is 1. The average molecular weight is 167 g/mol. The van der Waals surface area contributed by atoms with Crippen molar-refractivity contribution in [2.75, 3.05) is 0 Å². The quantitative estimate of drug-likeness (QED) is 0.702. The summed E-state index contributed by atoms with van der Waals surface area (Å²) in [5, 5.41) is 12.3. The molecule has 0 spiro atoms. The van der Waals surface area contributed by atoms with Gasteiger partial charge >= 0.3 is 0 Å². The SMILES string of the molecule is OC1CC(NCc2ccco2)C1. The Labute approximate surface area is 71.4 Å². The molecule has 66 valence electrons. The Morgan fingerprint density at radius 3 is 3.00 bits per heavy atom. The fraction of sp³-hybridized carbons (Fsp3) is 0.556. The number of aliphatic hydroxyl groups excluding tert-OH is 1. The van der Waals surface area contributed by atoms with Gasteiger partial charge in [0.25, 0.3) is 0 Å². The summed E-state index contributed by atoms with van der Waals surface area (Å²) in [4.78, 5) is 0. The summed E-state index contributed by atoms with van der Waals surface area (Å²) in [5.41, 5.74) is 0. The van der Waals surface area contributed by atoms with Crippen LogP contribution >= 0.6 is 0 Å². The van der Waals surface area contributed by atoms with Gasteiger partial charge in [-0.25, -0.2) is 0 Å². The second-order valence-electron chi connectivity index (χ2n) is 3.28. The van der Waals surface area contributed by atoms with Gasteiger partial charge in [-0.1, -0.05) is 0 Å². The average Bonchev–Trinajstić information content (AvgIpc) is 2.47. The normalized spacial score (nSPS) is 28.4. The Hall–Kier alpha value is -0.800. The van der Waals surface area contributed by atoms with Crippen LogP contribution in [0.4, 0.5) is 0 Å². The molecule has 2 rings (SSSR count). The summed E-state index contributed by atoms with van der Waals surface area (Å²) in [7, 11) is 0. The Bertz CT molecular complexity index is 227. The number of rotatable bonds is 3. The Morgan fingerprint density at radius 2 is 2.42 bits per heavy atom. The topological polar surface area (TPSA) is 45.4 Å². The molecule has 0 atom stereocenters. The second-order valence-corrected chi connectivity index (χ2v) is 3.28. The minimum absolute atomic E-state index is 0.0842. The number of aliphatic hydroxyl groups is 1. The van der Waals surface area contributed by atoms with Crippen LogP contribution in [0.15, 0.2) is 22.8 Å². The van der Waals surface area contributed by atoms with Crippen molar-refractivity contribution in [3.05, 3.63) is 24.2 Å². The molecule has 0 radical (unpaired) electrons. The summed E-state index contributed by atoms with van der Waals surface area (Å²) in [6.07, 6.45) is 3.34. The molecule has 0 amide bonds. The molecule has 0 unspecified atom stereocenters. The molecule has 3 nitrogen and oxygen atoms in total. The maximum absolute atomic E-state index is 9.01. The molecule has 12 heavy (non-hydrogen) atoms. The summed E-state index contributed by atoms with van der Waals surface area (Å²) in [6, 6.07) is 4.31. The number of furan rings is 1. The van der Waals surface area contributed by atoms with Crippen LogP contribution in [0.5, 0.6) is 0 Å². The highest BCUT2D eigenvalue weighted by atomic mass is 16.3. The van der Waals surface area contributed by atoms with Crippen LogP contribution in [0.25, 0.3) is 0 Å². The molecule has 1 aromatic heterocycles. The smallest absolute Gasteiger partial charge is 0.117 e. The lowest BCUT2D eigenvalue weighted by Crippen LogP contribution is -2.43. The molecular weight excluding hydrogens is 154 g/mol. The van der Waals surface area contributed by atoms with Crippen molar-refractivity contribution in [3.8, 4) is 0 Å². The third-order valence-electron chi connectivity index (χ3n) is 2.26. The second kappa shape index (κ2) is 3.29. The first kappa shape index (κ1) is 7.83. The van der Waals surface area contributed by atoms with Gasteiger partial charge in [-0.2, -0.15) is 0 Å². The van der Waals surface area contributed by atoms with Crippen LogP contribution in [-0.4, -0.2) is 17.3 Å². The predicted octanol–water partition coefficient (Wildman–Crippen LogP) is 0.892. The van der Waals surface area contributed by atoms with E-state index in [4.69, 9.17) is 9.52 Å². The zero-order valence-electron chi connectivity index (χ0n) is 6.86. The molecule has 1 saturated carbocycles. The van der Waals surface area contributed by atoms with Gasteiger partial charge in [-0.05, 0) is 25.0 Å².